The van der Waals surface area contributed by atoms with Crippen molar-refractivity contribution in [2.24, 2.45) is 5.41 Å². The van der Waals surface area contributed by atoms with Crippen LogP contribution in [0, 0.1) is 5.41 Å². The minimum atomic E-state index is -2.90. The number of alkyl halides is 2. The molecule has 0 heterocycles. The molecule has 0 bridgehead atoms. The molecular weight excluding hydrogens is 446 g/mol. The van der Waals surface area contributed by atoms with Gasteiger partial charge in [0.25, 0.3) is 0 Å². The molecule has 2 atom stereocenters. The van der Waals surface area contributed by atoms with Crippen molar-refractivity contribution < 1.29 is 33.0 Å². The zero-order valence-corrected chi connectivity index (χ0v) is 19.2. The third-order valence-corrected chi connectivity index (χ3v) is 5.77. The van der Waals surface area contributed by atoms with Crippen LogP contribution >= 0.6 is 0 Å². The van der Waals surface area contributed by atoms with Crippen LogP contribution in [0.15, 0.2) is 48.5 Å². The summed E-state index contributed by atoms with van der Waals surface area (Å²) >= 11 is 0. The number of carboxylic acid groups (broad SMARTS) is 1. The molecule has 34 heavy (non-hydrogen) atoms. The van der Waals surface area contributed by atoms with Gasteiger partial charge in [-0.25, -0.2) is 18.4 Å². The van der Waals surface area contributed by atoms with E-state index in [1.807, 2.05) is 48.5 Å². The van der Waals surface area contributed by atoms with Crippen LogP contribution in [0.4, 0.5) is 13.6 Å². The molecule has 1 aliphatic rings. The highest BCUT2D eigenvalue weighted by Gasteiger charge is 2.36. The summed E-state index contributed by atoms with van der Waals surface area (Å²) in [6.45, 7) is 4.72. The summed E-state index contributed by atoms with van der Waals surface area (Å²) in [4.78, 5) is 36.6. The second-order valence-electron chi connectivity index (χ2n) is 9.30. The van der Waals surface area contributed by atoms with Crippen molar-refractivity contribution >= 4 is 18.0 Å². The van der Waals surface area contributed by atoms with Gasteiger partial charge in [0, 0.05) is 12.3 Å². The summed E-state index contributed by atoms with van der Waals surface area (Å²) in [7, 11) is 0. The van der Waals surface area contributed by atoms with E-state index in [2.05, 4.69) is 10.6 Å². The van der Waals surface area contributed by atoms with Crippen molar-refractivity contribution in [3.8, 4) is 11.1 Å². The first kappa shape index (κ1) is 25.1. The fraction of sp³-hybridized carbons (Fsp3) is 0.400. The number of hydrogen-bond acceptors (Lipinski definition) is 4. The van der Waals surface area contributed by atoms with Crippen molar-refractivity contribution in [3.63, 3.8) is 0 Å². The predicted molar refractivity (Wildman–Crippen MR) is 122 cm³/mol. The number of ether oxygens (including phenoxy) is 1. The van der Waals surface area contributed by atoms with E-state index in [9.17, 15) is 28.3 Å². The first-order valence-corrected chi connectivity index (χ1v) is 10.9. The molecule has 0 saturated carbocycles. The molecule has 7 nitrogen and oxygen atoms in total. The fourth-order valence-electron chi connectivity index (χ4n) is 4.08. The number of halogens is 2. The number of benzene rings is 2. The largest absolute Gasteiger partial charge is 0.480 e. The number of carboxylic acids is 1. The second kappa shape index (κ2) is 10.2. The minimum absolute atomic E-state index is 0.0530. The smallest absolute Gasteiger partial charge is 0.407 e. The highest BCUT2D eigenvalue weighted by atomic mass is 19.3. The molecule has 0 aliphatic heterocycles. The van der Waals surface area contributed by atoms with Crippen LogP contribution in [0.3, 0.4) is 0 Å². The molecule has 0 fully saturated rings. The van der Waals surface area contributed by atoms with Gasteiger partial charge in [-0.1, -0.05) is 69.3 Å². The quantitative estimate of drug-likeness (QED) is 0.533. The lowest BCUT2D eigenvalue weighted by Gasteiger charge is -2.29. The molecule has 0 spiro atoms. The maximum Gasteiger partial charge on any atom is 0.407 e. The summed E-state index contributed by atoms with van der Waals surface area (Å²) in [6.07, 6.45) is -4.92. The van der Waals surface area contributed by atoms with Crippen LogP contribution in [0.25, 0.3) is 11.1 Å². The second-order valence-corrected chi connectivity index (χ2v) is 9.30. The van der Waals surface area contributed by atoms with Crippen LogP contribution in [0.2, 0.25) is 0 Å². The Morgan fingerprint density at radius 1 is 0.971 bits per heavy atom. The Morgan fingerprint density at radius 2 is 1.50 bits per heavy atom. The van der Waals surface area contributed by atoms with E-state index in [1.165, 1.54) is 0 Å². The van der Waals surface area contributed by atoms with Crippen molar-refractivity contribution in [2.45, 2.75) is 51.6 Å². The third-order valence-electron chi connectivity index (χ3n) is 5.77. The van der Waals surface area contributed by atoms with Gasteiger partial charge in [-0.15, -0.1) is 0 Å². The maximum absolute atomic E-state index is 13.1. The van der Waals surface area contributed by atoms with Gasteiger partial charge in [-0.05, 0) is 27.7 Å². The SMILES string of the molecule is CC(C)(C)C(NC(=O)C(CC(F)F)NC(=O)OCC1c2ccccc2-c2ccccc21)C(=O)O. The number of alkyl carbamates (subject to hydrolysis) is 1. The number of fused-ring (bicyclic) bond motifs is 3. The van der Waals surface area contributed by atoms with E-state index >= 15 is 0 Å². The summed E-state index contributed by atoms with van der Waals surface area (Å²) in [5.41, 5.74) is 3.15. The molecule has 3 N–H and O–H groups in total. The molecule has 2 aromatic carbocycles. The molecule has 0 radical (unpaired) electrons. The van der Waals surface area contributed by atoms with Crippen LogP contribution in [0.5, 0.6) is 0 Å². The van der Waals surface area contributed by atoms with Crippen molar-refractivity contribution in [1.29, 1.82) is 0 Å². The summed E-state index contributed by atoms with van der Waals surface area (Å²) < 4.78 is 31.5. The van der Waals surface area contributed by atoms with Gasteiger partial charge >= 0.3 is 12.1 Å². The number of carbonyl (C=O) groups is 3. The monoisotopic (exact) mass is 474 g/mol. The normalized spacial score (nSPS) is 14.6. The lowest BCUT2D eigenvalue weighted by atomic mass is 9.86. The first-order chi connectivity index (χ1) is 16.0. The molecule has 0 saturated heterocycles. The van der Waals surface area contributed by atoms with Crippen molar-refractivity contribution in [2.75, 3.05) is 6.61 Å². The summed E-state index contributed by atoms with van der Waals surface area (Å²) in [6, 6.07) is 12.5. The van der Waals surface area contributed by atoms with Crippen LogP contribution in [-0.4, -0.2) is 48.2 Å². The third kappa shape index (κ3) is 5.70. The molecule has 2 unspecified atom stereocenters. The summed E-state index contributed by atoms with van der Waals surface area (Å²) in [5.74, 6) is -2.56. The summed E-state index contributed by atoms with van der Waals surface area (Å²) in [5, 5.41) is 13.8. The van der Waals surface area contributed by atoms with Crippen LogP contribution in [-0.2, 0) is 14.3 Å². The Balaban J connectivity index is 1.69. The van der Waals surface area contributed by atoms with Crippen molar-refractivity contribution in [1.82, 2.24) is 10.6 Å². The van der Waals surface area contributed by atoms with Gasteiger partial charge in [0.2, 0.25) is 12.3 Å². The van der Waals surface area contributed by atoms with E-state index in [-0.39, 0.29) is 12.5 Å². The van der Waals surface area contributed by atoms with Gasteiger partial charge in [0.15, 0.2) is 0 Å². The molecule has 182 valence electrons. The van der Waals surface area contributed by atoms with Gasteiger partial charge in [-0.2, -0.15) is 0 Å². The van der Waals surface area contributed by atoms with E-state index < -0.39 is 48.3 Å². The molecule has 0 aromatic heterocycles. The van der Waals surface area contributed by atoms with Gasteiger partial charge < -0.3 is 20.5 Å². The maximum atomic E-state index is 13.1. The Bertz CT molecular complexity index is 1020. The number of carbonyl (C=O) groups excluding carboxylic acids is 2. The number of hydrogen-bond donors (Lipinski definition) is 3. The number of aliphatic carboxylic acids is 1. The van der Waals surface area contributed by atoms with E-state index in [4.69, 9.17) is 4.74 Å². The lowest BCUT2D eigenvalue weighted by Crippen LogP contribution is -2.55. The average Bonchev–Trinajstić information content (AvgIpc) is 3.08. The number of rotatable bonds is 8. The van der Waals surface area contributed by atoms with E-state index in [1.54, 1.807) is 20.8 Å². The van der Waals surface area contributed by atoms with E-state index in [0.29, 0.717) is 0 Å². The van der Waals surface area contributed by atoms with Gasteiger partial charge in [0.1, 0.15) is 18.7 Å². The Morgan fingerprint density at radius 3 is 1.97 bits per heavy atom. The highest BCUT2D eigenvalue weighted by Crippen LogP contribution is 2.44. The van der Waals surface area contributed by atoms with Gasteiger partial charge in [-0.3, -0.25) is 4.79 Å². The van der Waals surface area contributed by atoms with Gasteiger partial charge in [0.05, 0.1) is 0 Å². The fourth-order valence-corrected chi connectivity index (χ4v) is 4.08. The Hall–Kier alpha value is -3.49. The Kier molecular flexibility index (Phi) is 7.54. The predicted octanol–water partition coefficient (Wildman–Crippen LogP) is 4.16. The molecular formula is C25H28F2N2O5. The van der Waals surface area contributed by atoms with Crippen LogP contribution in [0.1, 0.15) is 44.2 Å². The molecule has 2 amide bonds. The van der Waals surface area contributed by atoms with Crippen molar-refractivity contribution in [3.05, 3.63) is 59.7 Å². The molecule has 3 rings (SSSR count). The van der Waals surface area contributed by atoms with E-state index in [0.717, 1.165) is 22.3 Å². The zero-order chi connectivity index (χ0) is 25.0. The van der Waals surface area contributed by atoms with Crippen LogP contribution < -0.4 is 10.6 Å². The average molecular weight is 475 g/mol. The number of amides is 2. The number of nitrogens with one attached hydrogen (secondary N) is 2. The zero-order valence-electron chi connectivity index (χ0n) is 19.2. The Labute approximate surface area is 196 Å². The first-order valence-electron chi connectivity index (χ1n) is 10.9. The topological polar surface area (TPSA) is 105 Å². The standard InChI is InChI=1S/C25H28F2N2O5/c1-25(2,3)21(23(31)32)29-22(30)19(12-20(26)27)28-24(33)34-13-18-16-10-6-4-8-14(16)15-9-5-7-11-17(15)18/h4-11,18-21H,12-13H2,1-3H3,(H,28,33)(H,29,30)(H,31,32). The molecule has 1 aliphatic carbocycles. The highest BCUT2D eigenvalue weighted by molar-refractivity contribution is 5.89. The molecule has 9 heteroatoms. The lowest BCUT2D eigenvalue weighted by molar-refractivity contribution is -0.145. The molecule has 2 aromatic rings. The minimum Gasteiger partial charge on any atom is -0.480 e.